The van der Waals surface area contributed by atoms with Crippen molar-refractivity contribution in [3.63, 3.8) is 0 Å². The van der Waals surface area contributed by atoms with Crippen LogP contribution in [0.25, 0.3) is 0 Å². The SMILES string of the molecule is CN=C(NCCCOCC1CC1)NCC(c1cnn(C)c1)N(C)C.I. The van der Waals surface area contributed by atoms with Crippen LogP contribution in [-0.4, -0.2) is 68.1 Å². The van der Waals surface area contributed by atoms with Crippen LogP contribution < -0.4 is 10.6 Å². The number of rotatable bonds is 10. The third-order valence-electron chi connectivity index (χ3n) is 4.23. The lowest BCUT2D eigenvalue weighted by Gasteiger charge is -2.24. The van der Waals surface area contributed by atoms with E-state index >= 15 is 0 Å². The zero-order valence-corrected chi connectivity index (χ0v) is 18.2. The average molecular weight is 464 g/mol. The van der Waals surface area contributed by atoms with Crippen LogP contribution in [0.15, 0.2) is 17.4 Å². The molecule has 1 unspecified atom stereocenters. The first-order valence-corrected chi connectivity index (χ1v) is 8.77. The second kappa shape index (κ2) is 11.7. The molecule has 1 aliphatic carbocycles. The second-order valence-corrected chi connectivity index (χ2v) is 6.68. The van der Waals surface area contributed by atoms with Gasteiger partial charge in [-0.1, -0.05) is 0 Å². The van der Waals surface area contributed by atoms with E-state index in [9.17, 15) is 0 Å². The largest absolute Gasteiger partial charge is 0.381 e. The number of hydrogen-bond acceptors (Lipinski definition) is 4. The van der Waals surface area contributed by atoms with Gasteiger partial charge in [-0.25, -0.2) is 0 Å². The first-order chi connectivity index (χ1) is 11.6. The van der Waals surface area contributed by atoms with Crippen molar-refractivity contribution in [2.45, 2.75) is 25.3 Å². The van der Waals surface area contributed by atoms with E-state index in [-0.39, 0.29) is 30.0 Å². The maximum Gasteiger partial charge on any atom is 0.191 e. The van der Waals surface area contributed by atoms with Gasteiger partial charge in [-0.05, 0) is 39.3 Å². The normalized spacial score (nSPS) is 15.8. The van der Waals surface area contributed by atoms with Crippen LogP contribution in [-0.2, 0) is 11.8 Å². The van der Waals surface area contributed by atoms with E-state index in [1.54, 1.807) is 7.05 Å². The number of likely N-dealkylation sites (N-methyl/N-ethyl adjacent to an activating group) is 1. The van der Waals surface area contributed by atoms with Gasteiger partial charge in [0.2, 0.25) is 0 Å². The summed E-state index contributed by atoms with van der Waals surface area (Å²) >= 11 is 0. The highest BCUT2D eigenvalue weighted by Crippen LogP contribution is 2.28. The summed E-state index contributed by atoms with van der Waals surface area (Å²) in [7, 11) is 7.89. The Labute approximate surface area is 168 Å². The summed E-state index contributed by atoms with van der Waals surface area (Å²) in [5, 5.41) is 11.0. The molecule has 0 bridgehead atoms. The Morgan fingerprint density at radius 3 is 2.76 bits per heavy atom. The molecule has 0 saturated heterocycles. The van der Waals surface area contributed by atoms with Crippen LogP contribution in [0.4, 0.5) is 0 Å². The first-order valence-electron chi connectivity index (χ1n) is 8.77. The molecule has 1 heterocycles. The number of halogens is 1. The predicted octanol–water partition coefficient (Wildman–Crippen LogP) is 1.62. The lowest BCUT2D eigenvalue weighted by Crippen LogP contribution is -2.42. The molecule has 0 spiro atoms. The number of aliphatic imine (C=N–C) groups is 1. The zero-order valence-electron chi connectivity index (χ0n) is 15.9. The van der Waals surface area contributed by atoms with Gasteiger partial charge in [0.05, 0.1) is 12.2 Å². The quantitative estimate of drug-likeness (QED) is 0.239. The van der Waals surface area contributed by atoms with E-state index in [1.807, 2.05) is 17.9 Å². The minimum atomic E-state index is 0. The number of aromatic nitrogens is 2. The molecule has 25 heavy (non-hydrogen) atoms. The summed E-state index contributed by atoms with van der Waals surface area (Å²) in [6.45, 7) is 3.39. The van der Waals surface area contributed by atoms with Gasteiger partial charge in [-0.15, -0.1) is 24.0 Å². The molecule has 0 radical (unpaired) electrons. The van der Waals surface area contributed by atoms with Crippen molar-refractivity contribution in [2.75, 3.05) is 47.4 Å². The molecular formula is C17H33IN6O. The highest BCUT2D eigenvalue weighted by molar-refractivity contribution is 14.0. The molecule has 0 aromatic carbocycles. The molecule has 1 atom stereocenters. The van der Waals surface area contributed by atoms with E-state index in [1.165, 1.54) is 18.4 Å². The van der Waals surface area contributed by atoms with Gasteiger partial charge in [0.25, 0.3) is 0 Å². The van der Waals surface area contributed by atoms with Crippen molar-refractivity contribution >= 4 is 29.9 Å². The molecule has 1 fully saturated rings. The fourth-order valence-electron chi connectivity index (χ4n) is 2.54. The van der Waals surface area contributed by atoms with Crippen LogP contribution in [0.5, 0.6) is 0 Å². The van der Waals surface area contributed by atoms with Crippen molar-refractivity contribution in [3.05, 3.63) is 18.0 Å². The summed E-state index contributed by atoms with van der Waals surface area (Å²) in [5.74, 6) is 1.66. The molecule has 1 saturated carbocycles. The van der Waals surface area contributed by atoms with Crippen LogP contribution >= 0.6 is 24.0 Å². The Hall–Kier alpha value is -0.870. The molecule has 1 aromatic heterocycles. The molecule has 7 nitrogen and oxygen atoms in total. The summed E-state index contributed by atoms with van der Waals surface area (Å²) in [6.07, 6.45) is 7.66. The number of nitrogens with one attached hydrogen (secondary N) is 2. The topological polar surface area (TPSA) is 66.7 Å². The van der Waals surface area contributed by atoms with Crippen molar-refractivity contribution in [1.29, 1.82) is 0 Å². The number of guanidine groups is 1. The predicted molar refractivity (Wildman–Crippen MR) is 113 cm³/mol. The van der Waals surface area contributed by atoms with Gasteiger partial charge in [-0.3, -0.25) is 9.67 Å². The number of ether oxygens (including phenoxy) is 1. The summed E-state index contributed by atoms with van der Waals surface area (Å²) in [6, 6.07) is 0.249. The van der Waals surface area contributed by atoms with Crippen LogP contribution in [0.2, 0.25) is 0 Å². The first kappa shape index (κ1) is 22.2. The van der Waals surface area contributed by atoms with Gasteiger partial charge < -0.3 is 20.3 Å². The van der Waals surface area contributed by atoms with E-state index in [0.29, 0.717) is 0 Å². The Kier molecular flexibility index (Phi) is 10.4. The average Bonchev–Trinajstić information content (AvgIpc) is 3.28. The van der Waals surface area contributed by atoms with Gasteiger partial charge in [0.1, 0.15) is 0 Å². The van der Waals surface area contributed by atoms with E-state index in [4.69, 9.17) is 4.74 Å². The molecule has 144 valence electrons. The summed E-state index contributed by atoms with van der Waals surface area (Å²) in [5.41, 5.74) is 1.19. The number of hydrogen-bond donors (Lipinski definition) is 2. The number of nitrogens with zero attached hydrogens (tertiary/aromatic N) is 4. The van der Waals surface area contributed by atoms with Crippen molar-refractivity contribution < 1.29 is 4.74 Å². The Bertz CT molecular complexity index is 515. The van der Waals surface area contributed by atoms with Crippen LogP contribution in [0.3, 0.4) is 0 Å². The molecule has 1 aromatic rings. The Morgan fingerprint density at radius 2 is 2.20 bits per heavy atom. The van der Waals surface area contributed by atoms with Crippen molar-refractivity contribution in [2.24, 2.45) is 18.0 Å². The van der Waals surface area contributed by atoms with E-state index in [2.05, 4.69) is 45.9 Å². The molecular weight excluding hydrogens is 431 g/mol. The molecule has 0 aliphatic heterocycles. The van der Waals surface area contributed by atoms with Crippen LogP contribution in [0, 0.1) is 5.92 Å². The summed E-state index contributed by atoms with van der Waals surface area (Å²) < 4.78 is 7.48. The standard InChI is InChI=1S/C17H32N6O.HI/c1-18-17(19-8-5-9-24-13-14-6-7-14)20-11-16(22(2)3)15-10-21-23(4)12-15;/h10,12,14,16H,5-9,11,13H2,1-4H3,(H2,18,19,20);1H. The van der Waals surface area contributed by atoms with Crippen molar-refractivity contribution in [3.8, 4) is 0 Å². The minimum absolute atomic E-state index is 0. The maximum absolute atomic E-state index is 5.65. The van der Waals surface area contributed by atoms with Gasteiger partial charge in [-0.2, -0.15) is 5.10 Å². The van der Waals surface area contributed by atoms with E-state index in [0.717, 1.165) is 44.6 Å². The van der Waals surface area contributed by atoms with Gasteiger partial charge in [0.15, 0.2) is 5.96 Å². The summed E-state index contributed by atoms with van der Waals surface area (Å²) in [4.78, 5) is 6.47. The molecule has 2 N–H and O–H groups in total. The molecule has 0 amide bonds. The number of aryl methyl sites for hydroxylation is 1. The Balaban J connectivity index is 0.00000312. The lowest BCUT2D eigenvalue weighted by atomic mass is 10.1. The van der Waals surface area contributed by atoms with Crippen LogP contribution in [0.1, 0.15) is 30.9 Å². The third kappa shape index (κ3) is 8.37. The third-order valence-corrected chi connectivity index (χ3v) is 4.23. The fraction of sp³-hybridized carbons (Fsp3) is 0.765. The highest BCUT2D eigenvalue weighted by Gasteiger charge is 2.20. The van der Waals surface area contributed by atoms with Crippen molar-refractivity contribution in [1.82, 2.24) is 25.3 Å². The second-order valence-electron chi connectivity index (χ2n) is 6.68. The Morgan fingerprint density at radius 1 is 1.44 bits per heavy atom. The lowest BCUT2D eigenvalue weighted by molar-refractivity contribution is 0.123. The molecule has 1 aliphatic rings. The monoisotopic (exact) mass is 464 g/mol. The van der Waals surface area contributed by atoms with Gasteiger partial charge >= 0.3 is 0 Å². The van der Waals surface area contributed by atoms with Gasteiger partial charge in [0, 0.05) is 52.2 Å². The van der Waals surface area contributed by atoms with E-state index < -0.39 is 0 Å². The minimum Gasteiger partial charge on any atom is -0.381 e. The highest BCUT2D eigenvalue weighted by atomic mass is 127. The fourth-order valence-corrected chi connectivity index (χ4v) is 2.54. The smallest absolute Gasteiger partial charge is 0.191 e. The zero-order chi connectivity index (χ0) is 17.4. The maximum atomic E-state index is 5.65. The molecule has 8 heteroatoms. The molecule has 2 rings (SSSR count).